The molecule has 1 spiro atoms. The van der Waals surface area contributed by atoms with Gasteiger partial charge in [0.1, 0.15) is 0 Å². The van der Waals surface area contributed by atoms with Gasteiger partial charge in [0.15, 0.2) is 0 Å². The van der Waals surface area contributed by atoms with Crippen LogP contribution in [0.25, 0.3) is 0 Å². The Morgan fingerprint density at radius 2 is 2.00 bits per heavy atom. The second-order valence-corrected chi connectivity index (χ2v) is 7.07. The minimum atomic E-state index is -0.127. The van der Waals surface area contributed by atoms with Crippen LogP contribution in [0.3, 0.4) is 0 Å². The predicted octanol–water partition coefficient (Wildman–Crippen LogP) is 3.40. The van der Waals surface area contributed by atoms with Gasteiger partial charge < -0.3 is 4.74 Å². The van der Waals surface area contributed by atoms with Crippen molar-refractivity contribution in [2.45, 2.75) is 52.9 Å². The number of carbonyl (C=O) groups is 1. The van der Waals surface area contributed by atoms with Gasteiger partial charge in [0.05, 0.1) is 12.0 Å². The van der Waals surface area contributed by atoms with Crippen LogP contribution in [0.2, 0.25) is 0 Å². The van der Waals surface area contributed by atoms with Crippen molar-refractivity contribution in [3.8, 4) is 0 Å². The molecule has 3 fully saturated rings. The van der Waals surface area contributed by atoms with E-state index in [2.05, 4.69) is 20.8 Å². The first-order valence-corrected chi connectivity index (χ1v) is 7.16. The van der Waals surface area contributed by atoms with Gasteiger partial charge in [0.2, 0.25) is 0 Å². The summed E-state index contributed by atoms with van der Waals surface area (Å²) in [6.45, 7) is 7.66. The summed E-state index contributed by atoms with van der Waals surface area (Å²) in [6, 6.07) is 0. The van der Waals surface area contributed by atoms with Gasteiger partial charge in [0.25, 0.3) is 0 Å². The fraction of sp³-hybridized carbons (Fsp3) is 0.933. The topological polar surface area (TPSA) is 26.3 Å². The molecule has 5 unspecified atom stereocenters. The molecule has 2 saturated carbocycles. The van der Waals surface area contributed by atoms with Crippen molar-refractivity contribution >= 4 is 5.97 Å². The van der Waals surface area contributed by atoms with Crippen molar-refractivity contribution in [1.29, 1.82) is 0 Å². The molecule has 0 aromatic carbocycles. The summed E-state index contributed by atoms with van der Waals surface area (Å²) in [5.74, 6) is 2.04. The highest BCUT2D eigenvalue weighted by Gasteiger charge is 2.62. The van der Waals surface area contributed by atoms with Crippen molar-refractivity contribution < 1.29 is 9.53 Å². The molecular weight excluding hydrogens is 212 g/mol. The van der Waals surface area contributed by atoms with Crippen LogP contribution in [0.1, 0.15) is 52.9 Å². The minimum Gasteiger partial charge on any atom is -0.465 e. The Balaban J connectivity index is 1.95. The second-order valence-electron chi connectivity index (χ2n) is 7.07. The van der Waals surface area contributed by atoms with Crippen LogP contribution in [0.15, 0.2) is 0 Å². The number of rotatable bonds is 0. The maximum absolute atomic E-state index is 12.2. The van der Waals surface area contributed by atoms with Crippen LogP contribution in [0.4, 0.5) is 0 Å². The van der Waals surface area contributed by atoms with Crippen molar-refractivity contribution in [2.24, 2.45) is 28.6 Å². The molecule has 1 saturated heterocycles. The van der Waals surface area contributed by atoms with Crippen LogP contribution in [-0.2, 0) is 9.53 Å². The van der Waals surface area contributed by atoms with E-state index in [0.29, 0.717) is 17.9 Å². The molecule has 5 atom stereocenters. The molecule has 0 radical (unpaired) electrons. The number of ether oxygens (including phenoxy) is 1. The van der Waals surface area contributed by atoms with E-state index in [4.69, 9.17) is 4.74 Å². The van der Waals surface area contributed by atoms with Crippen molar-refractivity contribution in [3.63, 3.8) is 0 Å². The third kappa shape index (κ3) is 1.36. The maximum atomic E-state index is 12.2. The predicted molar refractivity (Wildman–Crippen MR) is 66.4 cm³/mol. The van der Waals surface area contributed by atoms with Crippen LogP contribution < -0.4 is 0 Å². The van der Waals surface area contributed by atoms with Crippen molar-refractivity contribution in [3.05, 3.63) is 0 Å². The summed E-state index contributed by atoms with van der Waals surface area (Å²) < 4.78 is 5.35. The van der Waals surface area contributed by atoms with Crippen LogP contribution in [0, 0.1) is 28.6 Å². The van der Waals surface area contributed by atoms with Crippen molar-refractivity contribution in [2.75, 3.05) is 6.61 Å². The number of hydrogen-bond donors (Lipinski definition) is 0. The summed E-state index contributed by atoms with van der Waals surface area (Å²) in [5, 5.41) is 0. The lowest BCUT2D eigenvalue weighted by Gasteiger charge is -2.42. The molecule has 0 aromatic rings. The molecule has 3 rings (SSSR count). The standard InChI is InChI=1S/C15H24O2/c1-10-5-4-6-12-7-15(9-14(10,12)3)11(2)8-17-13(15)16/h10-12H,4-9H2,1-3H3. The summed E-state index contributed by atoms with van der Waals surface area (Å²) in [7, 11) is 0. The van der Waals surface area contributed by atoms with E-state index in [1.165, 1.54) is 19.3 Å². The van der Waals surface area contributed by atoms with Gasteiger partial charge in [-0.25, -0.2) is 0 Å². The molecule has 0 N–H and O–H groups in total. The summed E-state index contributed by atoms with van der Waals surface area (Å²) in [5.41, 5.74) is 0.258. The molecule has 0 amide bonds. The lowest BCUT2D eigenvalue weighted by molar-refractivity contribution is -0.146. The first-order chi connectivity index (χ1) is 7.99. The van der Waals surface area contributed by atoms with E-state index < -0.39 is 0 Å². The first-order valence-electron chi connectivity index (χ1n) is 7.16. The number of esters is 1. The van der Waals surface area contributed by atoms with Gasteiger partial charge in [-0.05, 0) is 36.5 Å². The smallest absolute Gasteiger partial charge is 0.312 e. The third-order valence-electron chi connectivity index (χ3n) is 6.37. The Labute approximate surface area is 104 Å². The van der Waals surface area contributed by atoms with Crippen molar-refractivity contribution in [1.82, 2.24) is 0 Å². The van der Waals surface area contributed by atoms with E-state index in [9.17, 15) is 4.79 Å². The molecule has 3 aliphatic rings. The number of fused-ring (bicyclic) bond motifs is 1. The van der Waals surface area contributed by atoms with E-state index >= 15 is 0 Å². The summed E-state index contributed by atoms with van der Waals surface area (Å²) >= 11 is 0. The molecule has 2 nitrogen and oxygen atoms in total. The van der Waals surface area contributed by atoms with Gasteiger partial charge in [-0.3, -0.25) is 4.79 Å². The van der Waals surface area contributed by atoms with Gasteiger partial charge in [-0.1, -0.05) is 33.6 Å². The maximum Gasteiger partial charge on any atom is 0.312 e. The van der Waals surface area contributed by atoms with Crippen LogP contribution >= 0.6 is 0 Å². The Morgan fingerprint density at radius 1 is 1.24 bits per heavy atom. The molecule has 2 aliphatic carbocycles. The van der Waals surface area contributed by atoms with Crippen LogP contribution in [-0.4, -0.2) is 12.6 Å². The number of carbonyl (C=O) groups excluding carboxylic acids is 1. The Bertz CT molecular complexity index is 351. The van der Waals surface area contributed by atoms with E-state index in [1.54, 1.807) is 0 Å². The van der Waals surface area contributed by atoms with E-state index in [1.807, 2.05) is 0 Å². The summed E-state index contributed by atoms with van der Waals surface area (Å²) in [6.07, 6.45) is 6.18. The lowest BCUT2D eigenvalue weighted by atomic mass is 9.63. The molecule has 0 aromatic heterocycles. The largest absolute Gasteiger partial charge is 0.465 e. The molecule has 96 valence electrons. The van der Waals surface area contributed by atoms with E-state index in [0.717, 1.165) is 24.7 Å². The highest BCUT2D eigenvalue weighted by atomic mass is 16.5. The lowest BCUT2D eigenvalue weighted by Crippen LogP contribution is -2.35. The Kier molecular flexibility index (Phi) is 2.37. The highest BCUT2D eigenvalue weighted by Crippen LogP contribution is 2.64. The fourth-order valence-electron chi connectivity index (χ4n) is 4.81. The summed E-state index contributed by atoms with van der Waals surface area (Å²) in [4.78, 5) is 12.2. The normalized spacial score (nSPS) is 53.8. The van der Waals surface area contributed by atoms with Gasteiger partial charge in [-0.15, -0.1) is 0 Å². The zero-order valence-corrected chi connectivity index (χ0v) is 11.3. The highest BCUT2D eigenvalue weighted by molar-refractivity contribution is 5.79. The SMILES string of the molecule is CC1COC(=O)C12CC1CCCC(C)C1(C)C2. The Morgan fingerprint density at radius 3 is 2.59 bits per heavy atom. The Hall–Kier alpha value is -0.530. The third-order valence-corrected chi connectivity index (χ3v) is 6.37. The molecule has 2 heteroatoms. The molecular formula is C15H24O2. The zero-order chi connectivity index (χ0) is 12.3. The number of cyclic esters (lactones) is 1. The number of hydrogen-bond acceptors (Lipinski definition) is 2. The monoisotopic (exact) mass is 236 g/mol. The van der Waals surface area contributed by atoms with Gasteiger partial charge in [-0.2, -0.15) is 0 Å². The zero-order valence-electron chi connectivity index (χ0n) is 11.3. The van der Waals surface area contributed by atoms with Crippen LogP contribution in [0.5, 0.6) is 0 Å². The fourth-order valence-corrected chi connectivity index (χ4v) is 4.81. The van der Waals surface area contributed by atoms with Gasteiger partial charge >= 0.3 is 5.97 Å². The molecule has 0 bridgehead atoms. The second kappa shape index (κ2) is 3.49. The molecule has 17 heavy (non-hydrogen) atoms. The quantitative estimate of drug-likeness (QED) is 0.602. The van der Waals surface area contributed by atoms with E-state index in [-0.39, 0.29) is 11.4 Å². The first kappa shape index (κ1) is 11.6. The minimum absolute atomic E-state index is 0.104. The molecule has 1 heterocycles. The van der Waals surface area contributed by atoms with Gasteiger partial charge in [0, 0.05) is 5.92 Å². The molecule has 1 aliphatic heterocycles. The average molecular weight is 236 g/mol. The average Bonchev–Trinajstić information content (AvgIpc) is 2.74.